The van der Waals surface area contributed by atoms with Crippen molar-refractivity contribution in [1.29, 1.82) is 0 Å². The monoisotopic (exact) mass is 209 g/mol. The van der Waals surface area contributed by atoms with E-state index < -0.39 is 0 Å². The van der Waals surface area contributed by atoms with Crippen LogP contribution in [-0.2, 0) is 6.54 Å². The SMILES string of the molecule is CCCn1cccc1C(=O)NCCNC. The molecule has 0 spiro atoms. The lowest BCUT2D eigenvalue weighted by atomic mass is 10.3. The maximum absolute atomic E-state index is 11.7. The van der Waals surface area contributed by atoms with Crippen LogP contribution in [0.1, 0.15) is 23.8 Å². The summed E-state index contributed by atoms with van der Waals surface area (Å²) in [4.78, 5) is 11.7. The van der Waals surface area contributed by atoms with Crippen LogP contribution < -0.4 is 10.6 Å². The maximum atomic E-state index is 11.7. The fourth-order valence-electron chi connectivity index (χ4n) is 1.45. The van der Waals surface area contributed by atoms with Gasteiger partial charge in [-0.05, 0) is 25.6 Å². The normalized spacial score (nSPS) is 10.3. The van der Waals surface area contributed by atoms with Crippen molar-refractivity contribution in [2.75, 3.05) is 20.1 Å². The van der Waals surface area contributed by atoms with Crippen molar-refractivity contribution in [1.82, 2.24) is 15.2 Å². The number of carbonyl (C=O) groups is 1. The fourth-order valence-corrected chi connectivity index (χ4v) is 1.45. The number of amides is 1. The minimum Gasteiger partial charge on any atom is -0.349 e. The first kappa shape index (κ1) is 11.8. The van der Waals surface area contributed by atoms with Gasteiger partial charge in [0.15, 0.2) is 0 Å². The molecular formula is C11H19N3O. The molecule has 0 atom stereocenters. The van der Waals surface area contributed by atoms with Crippen molar-refractivity contribution in [2.45, 2.75) is 19.9 Å². The molecule has 0 aliphatic heterocycles. The minimum absolute atomic E-state index is 0.00343. The summed E-state index contributed by atoms with van der Waals surface area (Å²) in [6, 6.07) is 3.76. The maximum Gasteiger partial charge on any atom is 0.267 e. The van der Waals surface area contributed by atoms with Crippen LogP contribution in [0, 0.1) is 0 Å². The molecule has 2 N–H and O–H groups in total. The van der Waals surface area contributed by atoms with Crippen molar-refractivity contribution in [3.8, 4) is 0 Å². The summed E-state index contributed by atoms with van der Waals surface area (Å²) >= 11 is 0. The van der Waals surface area contributed by atoms with E-state index in [0.717, 1.165) is 25.2 Å². The Morgan fingerprint density at radius 1 is 1.47 bits per heavy atom. The van der Waals surface area contributed by atoms with Crippen molar-refractivity contribution in [3.63, 3.8) is 0 Å². The molecule has 0 fully saturated rings. The van der Waals surface area contributed by atoms with E-state index in [1.807, 2.05) is 29.9 Å². The summed E-state index contributed by atoms with van der Waals surface area (Å²) in [6.07, 6.45) is 2.97. The van der Waals surface area contributed by atoms with Crippen LogP contribution >= 0.6 is 0 Å². The molecule has 0 radical (unpaired) electrons. The Labute approximate surface area is 90.7 Å². The summed E-state index contributed by atoms with van der Waals surface area (Å²) in [5.74, 6) is 0.00343. The number of likely N-dealkylation sites (N-methyl/N-ethyl adjacent to an activating group) is 1. The van der Waals surface area contributed by atoms with Crippen LogP contribution in [0.25, 0.3) is 0 Å². The number of aryl methyl sites for hydroxylation is 1. The van der Waals surface area contributed by atoms with E-state index in [4.69, 9.17) is 0 Å². The molecular weight excluding hydrogens is 190 g/mol. The highest BCUT2D eigenvalue weighted by molar-refractivity contribution is 5.92. The topological polar surface area (TPSA) is 46.1 Å². The van der Waals surface area contributed by atoms with Gasteiger partial charge in [0.05, 0.1) is 0 Å². The molecule has 15 heavy (non-hydrogen) atoms. The molecule has 0 aromatic carbocycles. The highest BCUT2D eigenvalue weighted by Crippen LogP contribution is 2.03. The summed E-state index contributed by atoms with van der Waals surface area (Å²) in [5, 5.41) is 5.85. The van der Waals surface area contributed by atoms with Gasteiger partial charge in [-0.15, -0.1) is 0 Å². The lowest BCUT2D eigenvalue weighted by Gasteiger charge is -2.08. The second-order valence-corrected chi connectivity index (χ2v) is 3.45. The van der Waals surface area contributed by atoms with Crippen LogP contribution in [0.4, 0.5) is 0 Å². The zero-order valence-electron chi connectivity index (χ0n) is 9.42. The number of aromatic nitrogens is 1. The Kier molecular flexibility index (Phi) is 4.90. The average Bonchev–Trinajstić information content (AvgIpc) is 2.67. The van der Waals surface area contributed by atoms with Crippen LogP contribution in [0.3, 0.4) is 0 Å². The Morgan fingerprint density at radius 2 is 2.27 bits per heavy atom. The summed E-state index contributed by atoms with van der Waals surface area (Å²) < 4.78 is 1.98. The van der Waals surface area contributed by atoms with Crippen LogP contribution in [0.5, 0.6) is 0 Å². The number of carbonyl (C=O) groups excluding carboxylic acids is 1. The van der Waals surface area contributed by atoms with E-state index >= 15 is 0 Å². The van der Waals surface area contributed by atoms with Gasteiger partial charge in [-0.25, -0.2) is 0 Å². The lowest BCUT2D eigenvalue weighted by molar-refractivity contribution is 0.0945. The molecule has 1 heterocycles. The number of hydrogen-bond acceptors (Lipinski definition) is 2. The van der Waals surface area contributed by atoms with Gasteiger partial charge in [0.25, 0.3) is 5.91 Å². The van der Waals surface area contributed by atoms with Crippen molar-refractivity contribution in [2.24, 2.45) is 0 Å². The van der Waals surface area contributed by atoms with Crippen LogP contribution in [0.2, 0.25) is 0 Å². The first-order chi connectivity index (χ1) is 7.29. The summed E-state index contributed by atoms with van der Waals surface area (Å²) in [5.41, 5.74) is 0.743. The molecule has 4 nitrogen and oxygen atoms in total. The van der Waals surface area contributed by atoms with Gasteiger partial charge >= 0.3 is 0 Å². The molecule has 84 valence electrons. The van der Waals surface area contributed by atoms with Crippen molar-refractivity contribution in [3.05, 3.63) is 24.0 Å². The zero-order valence-corrected chi connectivity index (χ0v) is 9.42. The van der Waals surface area contributed by atoms with E-state index in [9.17, 15) is 4.79 Å². The van der Waals surface area contributed by atoms with Crippen molar-refractivity contribution < 1.29 is 4.79 Å². The molecule has 1 aromatic heterocycles. The quantitative estimate of drug-likeness (QED) is 0.682. The third-order valence-electron chi connectivity index (χ3n) is 2.19. The number of rotatable bonds is 6. The highest BCUT2D eigenvalue weighted by atomic mass is 16.1. The number of nitrogens with one attached hydrogen (secondary N) is 2. The summed E-state index contributed by atoms with van der Waals surface area (Å²) in [7, 11) is 1.87. The predicted molar refractivity (Wildman–Crippen MR) is 61.0 cm³/mol. The minimum atomic E-state index is 0.00343. The molecule has 0 unspecified atom stereocenters. The van der Waals surface area contributed by atoms with E-state index in [1.165, 1.54) is 0 Å². The van der Waals surface area contributed by atoms with Crippen molar-refractivity contribution >= 4 is 5.91 Å². The Hall–Kier alpha value is -1.29. The van der Waals surface area contributed by atoms with Gasteiger partial charge in [-0.3, -0.25) is 4.79 Å². The van der Waals surface area contributed by atoms with Gasteiger partial charge in [-0.2, -0.15) is 0 Å². The molecule has 0 aliphatic rings. The van der Waals surface area contributed by atoms with E-state index in [2.05, 4.69) is 17.6 Å². The molecule has 4 heteroatoms. The number of nitrogens with zero attached hydrogens (tertiary/aromatic N) is 1. The lowest BCUT2D eigenvalue weighted by Crippen LogP contribution is -2.31. The molecule has 1 aromatic rings. The van der Waals surface area contributed by atoms with Crippen LogP contribution in [0.15, 0.2) is 18.3 Å². The van der Waals surface area contributed by atoms with Gasteiger partial charge < -0.3 is 15.2 Å². The van der Waals surface area contributed by atoms with Crippen LogP contribution in [-0.4, -0.2) is 30.6 Å². The summed E-state index contributed by atoms with van der Waals surface area (Å²) in [6.45, 7) is 4.44. The third-order valence-corrected chi connectivity index (χ3v) is 2.19. The molecule has 0 saturated carbocycles. The third kappa shape index (κ3) is 3.40. The first-order valence-corrected chi connectivity index (χ1v) is 5.37. The largest absolute Gasteiger partial charge is 0.349 e. The molecule has 1 amide bonds. The van der Waals surface area contributed by atoms with Gasteiger partial charge in [0, 0.05) is 25.8 Å². The van der Waals surface area contributed by atoms with Gasteiger partial charge in [-0.1, -0.05) is 6.92 Å². The second-order valence-electron chi connectivity index (χ2n) is 3.45. The standard InChI is InChI=1S/C11H19N3O/c1-3-8-14-9-4-5-10(14)11(15)13-7-6-12-2/h4-5,9,12H,3,6-8H2,1-2H3,(H,13,15). The Balaban J connectivity index is 2.53. The molecule has 0 bridgehead atoms. The first-order valence-electron chi connectivity index (χ1n) is 5.37. The molecule has 1 rings (SSSR count). The van der Waals surface area contributed by atoms with E-state index in [0.29, 0.717) is 6.54 Å². The van der Waals surface area contributed by atoms with Gasteiger partial charge in [0.2, 0.25) is 0 Å². The Bertz CT molecular complexity index is 307. The smallest absolute Gasteiger partial charge is 0.267 e. The zero-order chi connectivity index (χ0) is 11.1. The fraction of sp³-hybridized carbons (Fsp3) is 0.545. The highest BCUT2D eigenvalue weighted by Gasteiger charge is 2.08. The predicted octanol–water partition coefficient (Wildman–Crippen LogP) is 0.847. The molecule has 0 aliphatic carbocycles. The Morgan fingerprint density at radius 3 is 2.93 bits per heavy atom. The molecule has 0 saturated heterocycles. The van der Waals surface area contributed by atoms with E-state index in [1.54, 1.807) is 0 Å². The number of hydrogen-bond donors (Lipinski definition) is 2. The van der Waals surface area contributed by atoms with Gasteiger partial charge in [0.1, 0.15) is 5.69 Å². The average molecular weight is 209 g/mol. The second kappa shape index (κ2) is 6.24. The van der Waals surface area contributed by atoms with E-state index in [-0.39, 0.29) is 5.91 Å².